The van der Waals surface area contributed by atoms with E-state index < -0.39 is 0 Å². The first kappa shape index (κ1) is 11.1. The molecule has 1 saturated carbocycles. The number of hydrogen-bond acceptors (Lipinski definition) is 2. The van der Waals surface area contributed by atoms with Gasteiger partial charge in [0.25, 0.3) is 0 Å². The van der Waals surface area contributed by atoms with E-state index in [0.717, 1.165) is 12.5 Å². The zero-order valence-electron chi connectivity index (χ0n) is 10.4. The normalized spacial score (nSPS) is 19.9. The first-order chi connectivity index (χ1) is 8.40. The van der Waals surface area contributed by atoms with Crippen LogP contribution in [0.25, 0.3) is 0 Å². The van der Waals surface area contributed by atoms with Crippen molar-refractivity contribution in [2.45, 2.75) is 44.6 Å². The Morgan fingerprint density at radius 1 is 1.24 bits per heavy atom. The van der Waals surface area contributed by atoms with Gasteiger partial charge in [-0.05, 0) is 36.8 Å². The molecule has 3 rings (SSSR count). The molecule has 1 heterocycles. The summed E-state index contributed by atoms with van der Waals surface area (Å²) in [6.07, 6.45) is 7.47. The van der Waals surface area contributed by atoms with Gasteiger partial charge in [0.15, 0.2) is 0 Å². The zero-order chi connectivity index (χ0) is 11.7. The maximum atomic E-state index is 9.18. The lowest BCUT2D eigenvalue weighted by molar-refractivity contribution is 0.299. The second-order valence-electron chi connectivity index (χ2n) is 5.28. The van der Waals surface area contributed by atoms with Gasteiger partial charge in [-0.15, -0.1) is 0 Å². The third-order valence-electron chi connectivity index (χ3n) is 4.26. The van der Waals surface area contributed by atoms with Crippen molar-refractivity contribution in [3.05, 3.63) is 29.3 Å². The molecule has 0 atom stereocenters. The second-order valence-corrected chi connectivity index (χ2v) is 5.28. The Hall–Kier alpha value is -1.02. The van der Waals surface area contributed by atoms with Gasteiger partial charge < -0.3 is 10.0 Å². The van der Waals surface area contributed by atoms with E-state index in [0.29, 0.717) is 0 Å². The van der Waals surface area contributed by atoms with E-state index in [1.807, 2.05) is 0 Å². The number of aliphatic hydroxyl groups excluding tert-OH is 1. The topological polar surface area (TPSA) is 23.5 Å². The smallest absolute Gasteiger partial charge is 0.0472 e. The Morgan fingerprint density at radius 2 is 2.06 bits per heavy atom. The fraction of sp³-hybridized carbons (Fsp3) is 0.600. The van der Waals surface area contributed by atoms with Crippen LogP contribution in [0.4, 0.5) is 5.69 Å². The van der Waals surface area contributed by atoms with Gasteiger partial charge in [-0.3, -0.25) is 0 Å². The van der Waals surface area contributed by atoms with E-state index in [1.54, 1.807) is 0 Å². The van der Waals surface area contributed by atoms with Crippen LogP contribution in [0.15, 0.2) is 18.2 Å². The summed E-state index contributed by atoms with van der Waals surface area (Å²) in [6, 6.07) is 7.34. The van der Waals surface area contributed by atoms with Gasteiger partial charge in [-0.25, -0.2) is 0 Å². The molecule has 0 bridgehead atoms. The molecular formula is C15H21NO. The fourth-order valence-electron chi connectivity index (χ4n) is 3.47. The minimum absolute atomic E-state index is 0.259. The summed E-state index contributed by atoms with van der Waals surface area (Å²) in [5.74, 6) is 0. The molecule has 0 saturated heterocycles. The Bertz CT molecular complexity index is 396. The molecule has 0 amide bonds. The van der Waals surface area contributed by atoms with Crippen LogP contribution in [0.3, 0.4) is 0 Å². The highest BCUT2D eigenvalue weighted by atomic mass is 16.2. The summed E-state index contributed by atoms with van der Waals surface area (Å²) < 4.78 is 0. The maximum Gasteiger partial charge on any atom is 0.0472 e. The molecular weight excluding hydrogens is 210 g/mol. The molecule has 1 fully saturated rings. The van der Waals surface area contributed by atoms with E-state index >= 15 is 0 Å². The second kappa shape index (κ2) is 4.69. The molecule has 1 aliphatic carbocycles. The molecule has 1 aromatic carbocycles. The van der Waals surface area contributed by atoms with Crippen molar-refractivity contribution in [1.82, 2.24) is 0 Å². The van der Waals surface area contributed by atoms with Gasteiger partial charge in [0.1, 0.15) is 0 Å². The molecule has 17 heavy (non-hydrogen) atoms. The first-order valence-electron chi connectivity index (χ1n) is 6.88. The number of rotatable bonds is 3. The van der Waals surface area contributed by atoms with E-state index in [1.165, 1.54) is 55.5 Å². The van der Waals surface area contributed by atoms with Crippen LogP contribution in [-0.4, -0.2) is 24.3 Å². The van der Waals surface area contributed by atoms with Crippen molar-refractivity contribution < 1.29 is 5.11 Å². The van der Waals surface area contributed by atoms with Crippen LogP contribution in [0.1, 0.15) is 36.8 Å². The van der Waals surface area contributed by atoms with Crippen LogP contribution in [-0.2, 0) is 12.8 Å². The number of benzene rings is 1. The molecule has 1 N–H and O–H groups in total. The molecule has 1 aliphatic heterocycles. The Morgan fingerprint density at radius 3 is 2.82 bits per heavy atom. The quantitative estimate of drug-likeness (QED) is 0.864. The highest BCUT2D eigenvalue weighted by Gasteiger charge is 2.29. The van der Waals surface area contributed by atoms with E-state index in [-0.39, 0.29) is 6.61 Å². The summed E-state index contributed by atoms with van der Waals surface area (Å²) in [5, 5.41) is 9.18. The van der Waals surface area contributed by atoms with E-state index in [4.69, 9.17) is 0 Å². The number of para-hydroxylation sites is 1. The van der Waals surface area contributed by atoms with Gasteiger partial charge in [0, 0.05) is 24.9 Å². The van der Waals surface area contributed by atoms with E-state index in [2.05, 4.69) is 23.1 Å². The fourth-order valence-corrected chi connectivity index (χ4v) is 3.47. The monoisotopic (exact) mass is 231 g/mol. The summed E-state index contributed by atoms with van der Waals surface area (Å²) in [6.45, 7) is 1.44. The van der Waals surface area contributed by atoms with Crippen molar-refractivity contribution in [3.63, 3.8) is 0 Å². The number of nitrogens with zero attached hydrogens (tertiary/aromatic N) is 1. The Labute approximate surface area is 103 Å². The molecule has 0 aromatic heterocycles. The van der Waals surface area contributed by atoms with Crippen LogP contribution >= 0.6 is 0 Å². The molecule has 0 radical (unpaired) electrons. The Kier molecular flexibility index (Phi) is 3.06. The number of aliphatic hydroxyl groups is 1. The van der Waals surface area contributed by atoms with Gasteiger partial charge in [-0.2, -0.15) is 0 Å². The standard InChI is InChI=1S/C15H21NO/c17-11-9-13-5-3-4-12-8-10-16(15(12)13)14-6-1-2-7-14/h3-5,14,17H,1-2,6-11H2. The lowest BCUT2D eigenvalue weighted by Gasteiger charge is -2.28. The average Bonchev–Trinajstić information content (AvgIpc) is 2.98. The average molecular weight is 231 g/mol. The van der Waals surface area contributed by atoms with Gasteiger partial charge >= 0.3 is 0 Å². The minimum atomic E-state index is 0.259. The van der Waals surface area contributed by atoms with Gasteiger partial charge in [0.2, 0.25) is 0 Å². The van der Waals surface area contributed by atoms with Crippen molar-refractivity contribution in [2.75, 3.05) is 18.1 Å². The summed E-state index contributed by atoms with van der Waals surface area (Å²) in [5.41, 5.74) is 4.28. The third kappa shape index (κ3) is 1.95. The molecule has 0 unspecified atom stereocenters. The Balaban J connectivity index is 1.93. The largest absolute Gasteiger partial charge is 0.396 e. The third-order valence-corrected chi connectivity index (χ3v) is 4.26. The molecule has 0 spiro atoms. The highest BCUT2D eigenvalue weighted by molar-refractivity contribution is 5.64. The molecule has 1 aromatic rings. The summed E-state index contributed by atoms with van der Waals surface area (Å²) >= 11 is 0. The summed E-state index contributed by atoms with van der Waals surface area (Å²) in [4.78, 5) is 2.62. The van der Waals surface area contributed by atoms with Crippen molar-refractivity contribution in [1.29, 1.82) is 0 Å². The van der Waals surface area contributed by atoms with Crippen LogP contribution < -0.4 is 4.90 Å². The lowest BCUT2D eigenvalue weighted by Crippen LogP contribution is -2.32. The lowest BCUT2D eigenvalue weighted by atomic mass is 10.0. The minimum Gasteiger partial charge on any atom is -0.396 e. The number of fused-ring (bicyclic) bond motifs is 1. The van der Waals surface area contributed by atoms with Crippen molar-refractivity contribution in [2.24, 2.45) is 0 Å². The van der Waals surface area contributed by atoms with Crippen molar-refractivity contribution >= 4 is 5.69 Å². The predicted molar refractivity (Wildman–Crippen MR) is 70.5 cm³/mol. The molecule has 2 aliphatic rings. The van der Waals surface area contributed by atoms with Crippen LogP contribution in [0.2, 0.25) is 0 Å². The van der Waals surface area contributed by atoms with Gasteiger partial charge in [0.05, 0.1) is 0 Å². The van der Waals surface area contributed by atoms with Gasteiger partial charge in [-0.1, -0.05) is 31.0 Å². The number of anilines is 1. The van der Waals surface area contributed by atoms with Crippen LogP contribution in [0.5, 0.6) is 0 Å². The first-order valence-corrected chi connectivity index (χ1v) is 6.88. The highest BCUT2D eigenvalue weighted by Crippen LogP contribution is 2.37. The molecule has 92 valence electrons. The zero-order valence-corrected chi connectivity index (χ0v) is 10.4. The number of hydrogen-bond donors (Lipinski definition) is 1. The molecule has 2 nitrogen and oxygen atoms in total. The summed E-state index contributed by atoms with van der Waals surface area (Å²) in [7, 11) is 0. The predicted octanol–water partition coefficient (Wildman–Crippen LogP) is 2.53. The van der Waals surface area contributed by atoms with Crippen LogP contribution in [0, 0.1) is 0 Å². The molecule has 2 heteroatoms. The maximum absolute atomic E-state index is 9.18. The van der Waals surface area contributed by atoms with E-state index in [9.17, 15) is 5.11 Å². The SMILES string of the molecule is OCCc1cccc2c1N(C1CCCC1)CC2. The van der Waals surface area contributed by atoms with Crippen molar-refractivity contribution in [3.8, 4) is 0 Å².